The van der Waals surface area contributed by atoms with E-state index >= 15 is 0 Å². The number of anilines is 2. The van der Waals surface area contributed by atoms with Crippen molar-refractivity contribution in [2.24, 2.45) is 0 Å². The van der Waals surface area contributed by atoms with Gasteiger partial charge in [-0.2, -0.15) is 0 Å². The summed E-state index contributed by atoms with van der Waals surface area (Å²) >= 11 is 1.21. The van der Waals surface area contributed by atoms with Gasteiger partial charge in [0.2, 0.25) is 0 Å². The molecule has 27 heavy (non-hydrogen) atoms. The van der Waals surface area contributed by atoms with Crippen LogP contribution < -0.4 is 15.4 Å². The average molecular weight is 386 g/mol. The number of benzene rings is 2. The monoisotopic (exact) mass is 386 g/mol. The average Bonchev–Trinajstić information content (AvgIpc) is 3.02. The van der Waals surface area contributed by atoms with Crippen molar-refractivity contribution >= 4 is 44.6 Å². The van der Waals surface area contributed by atoms with Crippen LogP contribution in [0.2, 0.25) is 0 Å². The molecule has 0 aliphatic carbocycles. The van der Waals surface area contributed by atoms with Crippen molar-refractivity contribution in [2.75, 3.05) is 24.4 Å². The number of amides is 2. The molecule has 0 saturated heterocycles. The number of rotatable bonds is 4. The van der Waals surface area contributed by atoms with Gasteiger partial charge in [0.25, 0.3) is 11.8 Å². The van der Waals surface area contributed by atoms with E-state index in [9.17, 15) is 14.0 Å². The zero-order chi connectivity index (χ0) is 19.0. The highest BCUT2D eigenvalue weighted by Gasteiger charge is 2.22. The van der Waals surface area contributed by atoms with Gasteiger partial charge in [0.1, 0.15) is 11.6 Å². The Morgan fingerprint density at radius 2 is 2.22 bits per heavy atom. The minimum Gasteiger partial charge on any atom is -0.482 e. The fraction of sp³-hybridized carbons (Fsp3) is 0.158. The van der Waals surface area contributed by atoms with Crippen LogP contribution in [-0.4, -0.2) is 25.5 Å². The van der Waals surface area contributed by atoms with Crippen LogP contribution in [0.1, 0.15) is 15.2 Å². The van der Waals surface area contributed by atoms with Crippen molar-refractivity contribution < 1.29 is 23.5 Å². The lowest BCUT2D eigenvalue weighted by molar-refractivity contribution is -0.118. The lowest BCUT2D eigenvalue weighted by Gasteiger charge is -2.18. The number of halogens is 1. The van der Waals surface area contributed by atoms with Crippen molar-refractivity contribution in [2.45, 2.75) is 6.61 Å². The smallest absolute Gasteiger partial charge is 0.266 e. The molecule has 0 radical (unpaired) electrons. The molecule has 2 aromatic carbocycles. The number of nitrogens with one attached hydrogen (secondary N) is 2. The first-order valence-electron chi connectivity index (χ1n) is 8.13. The van der Waals surface area contributed by atoms with Crippen molar-refractivity contribution in [1.82, 2.24) is 0 Å². The molecule has 0 unspecified atom stereocenters. The van der Waals surface area contributed by atoms with Gasteiger partial charge < -0.3 is 20.1 Å². The van der Waals surface area contributed by atoms with Crippen LogP contribution in [0.4, 0.5) is 15.8 Å². The SMILES string of the molecule is COCc1c(C(=O)Nc2ccc3c(c2)NC(=O)CO3)sc2cccc(F)c12. The molecular weight excluding hydrogens is 371 g/mol. The first-order valence-corrected chi connectivity index (χ1v) is 8.95. The highest BCUT2D eigenvalue weighted by atomic mass is 32.1. The van der Waals surface area contributed by atoms with E-state index in [1.165, 1.54) is 24.5 Å². The summed E-state index contributed by atoms with van der Waals surface area (Å²) in [7, 11) is 1.50. The van der Waals surface area contributed by atoms with Gasteiger partial charge in [0.15, 0.2) is 6.61 Å². The predicted octanol–water partition coefficient (Wildman–Crippen LogP) is 3.77. The fourth-order valence-electron chi connectivity index (χ4n) is 2.98. The number of carbonyl (C=O) groups excluding carboxylic acids is 2. The standard InChI is InChI=1S/C19H15FN2O4S/c1-25-8-11-17-12(20)3-2-4-15(17)27-18(11)19(24)21-10-5-6-14-13(7-10)22-16(23)9-26-14/h2-7H,8-9H2,1H3,(H,21,24)(H,22,23). The Labute approximate surface area is 157 Å². The Morgan fingerprint density at radius 1 is 1.37 bits per heavy atom. The second kappa shape index (κ2) is 6.98. The molecule has 6 nitrogen and oxygen atoms in total. The molecular formula is C19H15FN2O4S. The maximum atomic E-state index is 14.3. The number of hydrogen-bond donors (Lipinski definition) is 2. The third-order valence-electron chi connectivity index (χ3n) is 4.13. The minimum absolute atomic E-state index is 0.0353. The molecule has 4 rings (SSSR count). The Morgan fingerprint density at radius 3 is 3.04 bits per heavy atom. The number of ether oxygens (including phenoxy) is 2. The Kier molecular flexibility index (Phi) is 4.51. The third-order valence-corrected chi connectivity index (χ3v) is 5.32. The van der Waals surface area contributed by atoms with Gasteiger partial charge in [-0.15, -0.1) is 11.3 Å². The van der Waals surface area contributed by atoms with Crippen molar-refractivity contribution in [3.05, 3.63) is 52.7 Å². The molecule has 0 atom stereocenters. The van der Waals surface area contributed by atoms with Crippen molar-refractivity contribution in [1.29, 1.82) is 0 Å². The minimum atomic E-state index is -0.386. The van der Waals surface area contributed by atoms with Gasteiger partial charge in [0.05, 0.1) is 17.2 Å². The molecule has 138 valence electrons. The molecule has 0 saturated carbocycles. The van der Waals surface area contributed by atoms with E-state index < -0.39 is 0 Å². The van der Waals surface area contributed by atoms with Crippen molar-refractivity contribution in [3.63, 3.8) is 0 Å². The molecule has 2 amide bonds. The Bertz CT molecular complexity index is 1060. The second-order valence-electron chi connectivity index (χ2n) is 5.96. The zero-order valence-corrected chi connectivity index (χ0v) is 15.1. The van der Waals surface area contributed by atoms with Crippen LogP contribution in [0, 0.1) is 5.82 Å². The first-order chi connectivity index (χ1) is 13.1. The normalized spacial score (nSPS) is 13.0. The van der Waals surface area contributed by atoms with Crippen LogP contribution in [0.3, 0.4) is 0 Å². The van der Waals surface area contributed by atoms with Crippen LogP contribution in [0.5, 0.6) is 5.75 Å². The van der Waals surface area contributed by atoms with Gasteiger partial charge in [-0.25, -0.2) is 4.39 Å². The topological polar surface area (TPSA) is 76.7 Å². The summed E-state index contributed by atoms with van der Waals surface area (Å²) in [5.74, 6) is -0.473. The molecule has 1 aliphatic heterocycles. The molecule has 8 heteroatoms. The van der Waals surface area contributed by atoms with Gasteiger partial charge in [-0.1, -0.05) is 6.07 Å². The molecule has 2 N–H and O–H groups in total. The lowest BCUT2D eigenvalue weighted by Crippen LogP contribution is -2.25. The summed E-state index contributed by atoms with van der Waals surface area (Å²) in [6.07, 6.45) is 0. The highest BCUT2D eigenvalue weighted by Crippen LogP contribution is 2.35. The highest BCUT2D eigenvalue weighted by molar-refractivity contribution is 7.21. The van der Waals surface area contributed by atoms with E-state index in [0.717, 1.165) is 0 Å². The van der Waals surface area contributed by atoms with E-state index in [4.69, 9.17) is 9.47 Å². The van der Waals surface area contributed by atoms with Crippen LogP contribution >= 0.6 is 11.3 Å². The number of methoxy groups -OCH3 is 1. The van der Waals surface area contributed by atoms with Gasteiger partial charge in [-0.05, 0) is 30.3 Å². The Hall–Kier alpha value is -2.97. The number of thiophene rings is 1. The van der Waals surface area contributed by atoms with Gasteiger partial charge in [-0.3, -0.25) is 9.59 Å². The van der Waals surface area contributed by atoms with Gasteiger partial charge in [0, 0.05) is 28.4 Å². The molecule has 1 aliphatic rings. The molecule has 3 aromatic rings. The van der Waals surface area contributed by atoms with E-state index in [1.54, 1.807) is 30.3 Å². The third kappa shape index (κ3) is 3.24. The lowest BCUT2D eigenvalue weighted by atomic mass is 10.1. The maximum Gasteiger partial charge on any atom is 0.266 e. The Balaban J connectivity index is 1.67. The largest absolute Gasteiger partial charge is 0.482 e. The summed E-state index contributed by atoms with van der Waals surface area (Å²) in [5, 5.41) is 5.88. The molecule has 0 bridgehead atoms. The molecule has 2 heterocycles. The maximum absolute atomic E-state index is 14.3. The van der Waals surface area contributed by atoms with Crippen molar-refractivity contribution in [3.8, 4) is 5.75 Å². The van der Waals surface area contributed by atoms with Crippen LogP contribution in [0.25, 0.3) is 10.1 Å². The number of hydrogen-bond acceptors (Lipinski definition) is 5. The van der Waals surface area contributed by atoms with E-state index in [2.05, 4.69) is 10.6 Å². The van der Waals surface area contributed by atoms with Gasteiger partial charge >= 0.3 is 0 Å². The van der Waals surface area contributed by atoms with Crippen LogP contribution in [0.15, 0.2) is 36.4 Å². The molecule has 1 aromatic heterocycles. The summed E-state index contributed by atoms with van der Waals surface area (Å²) in [5.41, 5.74) is 1.50. The fourth-order valence-corrected chi connectivity index (χ4v) is 4.10. The molecule has 0 fully saturated rings. The summed E-state index contributed by atoms with van der Waals surface area (Å²) in [6, 6.07) is 9.71. The van der Waals surface area contributed by atoms with E-state index in [-0.39, 0.29) is 30.8 Å². The predicted molar refractivity (Wildman–Crippen MR) is 101 cm³/mol. The zero-order valence-electron chi connectivity index (χ0n) is 14.3. The molecule has 0 spiro atoms. The van der Waals surface area contributed by atoms with E-state index in [0.29, 0.717) is 37.7 Å². The number of carbonyl (C=O) groups is 2. The first kappa shape index (κ1) is 17.4. The second-order valence-corrected chi connectivity index (χ2v) is 7.01. The summed E-state index contributed by atoms with van der Waals surface area (Å²) in [6.45, 7) is 0.0875. The van der Waals surface area contributed by atoms with Crippen LogP contribution in [-0.2, 0) is 16.1 Å². The summed E-state index contributed by atoms with van der Waals surface area (Å²) < 4.78 is 25.4. The quantitative estimate of drug-likeness (QED) is 0.716. The number of fused-ring (bicyclic) bond motifs is 2. The van der Waals surface area contributed by atoms with E-state index in [1.807, 2.05) is 0 Å². The summed E-state index contributed by atoms with van der Waals surface area (Å²) in [4.78, 5) is 24.7.